The van der Waals surface area contributed by atoms with E-state index in [1.165, 1.54) is 16.7 Å². The zero-order chi connectivity index (χ0) is 13.4. The number of aromatic nitrogens is 2. The molecule has 0 aliphatic rings. The number of pyridine rings is 1. The summed E-state index contributed by atoms with van der Waals surface area (Å²) >= 11 is 0. The van der Waals surface area contributed by atoms with E-state index < -0.39 is 6.10 Å². The Kier molecular flexibility index (Phi) is 2.65. The molecule has 1 aromatic carbocycles. The number of hydrogen-bond acceptors (Lipinski definition) is 3. The summed E-state index contributed by atoms with van der Waals surface area (Å²) in [6.07, 6.45) is 3.40. The summed E-state index contributed by atoms with van der Waals surface area (Å²) in [5.74, 6) is 0. The molecule has 3 rings (SSSR count). The molecule has 1 atom stereocenters. The fourth-order valence-electron chi connectivity index (χ4n) is 2.15. The highest BCUT2D eigenvalue weighted by molar-refractivity contribution is 5.93. The number of aliphatic hydroxyl groups is 1. The van der Waals surface area contributed by atoms with Crippen molar-refractivity contribution in [1.29, 1.82) is 0 Å². The second kappa shape index (κ2) is 4.33. The van der Waals surface area contributed by atoms with Crippen LogP contribution in [0.5, 0.6) is 0 Å². The zero-order valence-corrected chi connectivity index (χ0v) is 10.2. The van der Waals surface area contributed by atoms with Gasteiger partial charge in [0.15, 0.2) is 0 Å². The molecule has 0 radical (unpaired) electrons. The van der Waals surface area contributed by atoms with Gasteiger partial charge in [-0.3, -0.25) is 9.20 Å². The Bertz CT molecular complexity index is 836. The number of rotatable bonds is 2. The molecule has 0 aliphatic heterocycles. The van der Waals surface area contributed by atoms with Crippen molar-refractivity contribution in [2.75, 3.05) is 0 Å². The summed E-state index contributed by atoms with van der Waals surface area (Å²) in [5.41, 5.74) is 0.536. The van der Waals surface area contributed by atoms with Crippen LogP contribution >= 0.6 is 0 Å². The fraction of sp³-hybridized carbons (Fsp3) is 0.0667. The minimum absolute atomic E-state index is 0.225. The molecule has 3 aromatic rings. The molecule has 4 heteroatoms. The zero-order valence-electron chi connectivity index (χ0n) is 10.2. The fourth-order valence-corrected chi connectivity index (χ4v) is 2.15. The standard InChI is InChI=1S/C15H12N2O2/c1-2-13(18)12-9-16-14-11-6-4-3-5-10(11)7-8-17(14)15(12)19/h2-9,13,18H,1H2. The van der Waals surface area contributed by atoms with Gasteiger partial charge in [0.1, 0.15) is 11.8 Å². The molecule has 19 heavy (non-hydrogen) atoms. The van der Waals surface area contributed by atoms with Gasteiger partial charge in [0.05, 0.1) is 5.56 Å². The van der Waals surface area contributed by atoms with Gasteiger partial charge in [-0.1, -0.05) is 30.3 Å². The molecule has 2 aromatic heterocycles. The molecule has 1 N–H and O–H groups in total. The van der Waals surface area contributed by atoms with Gasteiger partial charge in [-0.05, 0) is 11.5 Å². The molecule has 2 heterocycles. The third kappa shape index (κ3) is 1.73. The molecule has 0 bridgehead atoms. The van der Waals surface area contributed by atoms with Crippen molar-refractivity contribution in [3.63, 3.8) is 0 Å². The molecular formula is C15H12N2O2. The van der Waals surface area contributed by atoms with E-state index in [2.05, 4.69) is 11.6 Å². The van der Waals surface area contributed by atoms with E-state index in [4.69, 9.17) is 0 Å². The Morgan fingerprint density at radius 2 is 2.11 bits per heavy atom. The topological polar surface area (TPSA) is 54.6 Å². The molecule has 94 valence electrons. The third-order valence-corrected chi connectivity index (χ3v) is 3.17. The normalized spacial score (nSPS) is 12.7. The summed E-state index contributed by atoms with van der Waals surface area (Å²) in [6.45, 7) is 3.48. The third-order valence-electron chi connectivity index (χ3n) is 3.17. The van der Waals surface area contributed by atoms with Crippen molar-refractivity contribution < 1.29 is 5.11 Å². The van der Waals surface area contributed by atoms with Gasteiger partial charge in [-0.15, -0.1) is 6.58 Å². The molecular weight excluding hydrogens is 240 g/mol. The summed E-state index contributed by atoms with van der Waals surface area (Å²) in [5, 5.41) is 11.6. The maximum absolute atomic E-state index is 12.3. The van der Waals surface area contributed by atoms with E-state index in [-0.39, 0.29) is 11.1 Å². The van der Waals surface area contributed by atoms with Crippen LogP contribution in [0.15, 0.2) is 60.2 Å². The summed E-state index contributed by atoms with van der Waals surface area (Å²) in [4.78, 5) is 16.6. The highest BCUT2D eigenvalue weighted by atomic mass is 16.3. The van der Waals surface area contributed by atoms with Gasteiger partial charge in [-0.25, -0.2) is 4.98 Å². The Balaban J connectivity index is 2.43. The van der Waals surface area contributed by atoms with Gasteiger partial charge in [0.2, 0.25) is 0 Å². The van der Waals surface area contributed by atoms with Gasteiger partial charge in [0.25, 0.3) is 5.56 Å². The maximum atomic E-state index is 12.3. The number of aliphatic hydroxyl groups excluding tert-OH is 1. The van der Waals surface area contributed by atoms with E-state index in [0.717, 1.165) is 10.8 Å². The minimum Gasteiger partial charge on any atom is -0.384 e. The number of hydrogen-bond donors (Lipinski definition) is 1. The summed E-state index contributed by atoms with van der Waals surface area (Å²) < 4.78 is 1.45. The van der Waals surface area contributed by atoms with Crippen LogP contribution in [0.4, 0.5) is 0 Å². The second-order valence-corrected chi connectivity index (χ2v) is 4.30. The van der Waals surface area contributed by atoms with Crippen LogP contribution in [-0.2, 0) is 0 Å². The lowest BCUT2D eigenvalue weighted by Crippen LogP contribution is -2.21. The maximum Gasteiger partial charge on any atom is 0.264 e. The molecule has 0 fully saturated rings. The largest absolute Gasteiger partial charge is 0.384 e. The molecule has 4 nitrogen and oxygen atoms in total. The van der Waals surface area contributed by atoms with Gasteiger partial charge in [0, 0.05) is 17.8 Å². The Labute approximate surface area is 109 Å². The Morgan fingerprint density at radius 1 is 1.32 bits per heavy atom. The molecule has 0 saturated heterocycles. The monoisotopic (exact) mass is 252 g/mol. The predicted molar refractivity (Wildman–Crippen MR) is 74.1 cm³/mol. The summed E-state index contributed by atoms with van der Waals surface area (Å²) in [6, 6.07) is 9.58. The first-order chi connectivity index (χ1) is 9.22. The van der Waals surface area contributed by atoms with Crippen LogP contribution in [0, 0.1) is 0 Å². The number of nitrogens with zero attached hydrogens (tertiary/aromatic N) is 2. The van der Waals surface area contributed by atoms with Crippen LogP contribution in [0.25, 0.3) is 16.4 Å². The van der Waals surface area contributed by atoms with Crippen LogP contribution in [0.1, 0.15) is 11.7 Å². The highest BCUT2D eigenvalue weighted by Crippen LogP contribution is 2.18. The first-order valence-corrected chi connectivity index (χ1v) is 5.92. The minimum atomic E-state index is -0.997. The van der Waals surface area contributed by atoms with Crippen molar-refractivity contribution in [3.05, 3.63) is 71.3 Å². The van der Waals surface area contributed by atoms with Crippen molar-refractivity contribution >= 4 is 16.4 Å². The lowest BCUT2D eigenvalue weighted by Gasteiger charge is -2.08. The summed E-state index contributed by atoms with van der Waals surface area (Å²) in [7, 11) is 0. The molecule has 1 unspecified atom stereocenters. The predicted octanol–water partition coefficient (Wildman–Crippen LogP) is 2.07. The van der Waals surface area contributed by atoms with Gasteiger partial charge in [-0.2, -0.15) is 0 Å². The van der Waals surface area contributed by atoms with Crippen molar-refractivity contribution in [1.82, 2.24) is 9.38 Å². The lowest BCUT2D eigenvalue weighted by molar-refractivity contribution is 0.226. The van der Waals surface area contributed by atoms with E-state index in [9.17, 15) is 9.90 Å². The average Bonchev–Trinajstić information content (AvgIpc) is 2.46. The van der Waals surface area contributed by atoms with E-state index >= 15 is 0 Å². The SMILES string of the molecule is C=CC(O)c1cnc2c3ccccc3ccn2c1=O. The Morgan fingerprint density at radius 3 is 2.89 bits per heavy atom. The molecule has 0 spiro atoms. The quantitative estimate of drug-likeness (QED) is 0.561. The van der Waals surface area contributed by atoms with E-state index in [1.807, 2.05) is 30.3 Å². The highest BCUT2D eigenvalue weighted by Gasteiger charge is 2.12. The second-order valence-electron chi connectivity index (χ2n) is 4.30. The lowest BCUT2D eigenvalue weighted by atomic mass is 10.1. The first kappa shape index (κ1) is 11.6. The van der Waals surface area contributed by atoms with Gasteiger partial charge < -0.3 is 5.11 Å². The van der Waals surface area contributed by atoms with Gasteiger partial charge >= 0.3 is 0 Å². The smallest absolute Gasteiger partial charge is 0.264 e. The van der Waals surface area contributed by atoms with Crippen LogP contribution in [0.2, 0.25) is 0 Å². The van der Waals surface area contributed by atoms with Crippen LogP contribution < -0.4 is 5.56 Å². The average molecular weight is 252 g/mol. The number of benzene rings is 1. The van der Waals surface area contributed by atoms with Crippen molar-refractivity contribution in [3.8, 4) is 0 Å². The molecule has 0 saturated carbocycles. The first-order valence-electron chi connectivity index (χ1n) is 5.92. The molecule has 0 aliphatic carbocycles. The van der Waals surface area contributed by atoms with Crippen LogP contribution in [-0.4, -0.2) is 14.5 Å². The molecule has 0 amide bonds. The number of fused-ring (bicyclic) bond motifs is 3. The van der Waals surface area contributed by atoms with Crippen molar-refractivity contribution in [2.24, 2.45) is 0 Å². The van der Waals surface area contributed by atoms with Crippen molar-refractivity contribution in [2.45, 2.75) is 6.10 Å². The Hall–Kier alpha value is -2.46. The van der Waals surface area contributed by atoms with E-state index in [0.29, 0.717) is 5.65 Å². The van der Waals surface area contributed by atoms with E-state index in [1.54, 1.807) is 6.20 Å². The van der Waals surface area contributed by atoms with Crippen LogP contribution in [0.3, 0.4) is 0 Å².